The van der Waals surface area contributed by atoms with Crippen LogP contribution in [0, 0.1) is 0 Å². The predicted octanol–water partition coefficient (Wildman–Crippen LogP) is 4.17. The van der Waals surface area contributed by atoms with Crippen molar-refractivity contribution in [2.45, 2.75) is 17.4 Å². The summed E-state index contributed by atoms with van der Waals surface area (Å²) in [4.78, 5) is 1.27. The number of rotatable bonds is 5. The first-order chi connectivity index (χ1) is 8.24. The third-order valence-corrected chi connectivity index (χ3v) is 4.82. The molecule has 1 nitrogen and oxygen atoms in total. The van der Waals surface area contributed by atoms with E-state index < -0.39 is 0 Å². The summed E-state index contributed by atoms with van der Waals surface area (Å²) in [6.07, 6.45) is 0.965. The topological polar surface area (TPSA) is 26.0 Å². The zero-order valence-electron chi connectivity index (χ0n) is 9.30. The molecule has 1 heterocycles. The number of hydrogen-bond donors (Lipinski definition) is 1. The highest BCUT2D eigenvalue weighted by molar-refractivity contribution is 9.10. The molecule has 1 aromatic carbocycles. The van der Waals surface area contributed by atoms with Gasteiger partial charge >= 0.3 is 0 Å². The molecule has 0 bridgehead atoms. The smallest absolute Gasteiger partial charge is 0.0176 e. The monoisotopic (exact) mass is 327 g/mol. The summed E-state index contributed by atoms with van der Waals surface area (Å²) in [6, 6.07) is 10.7. The molecule has 0 spiro atoms. The van der Waals surface area contributed by atoms with Gasteiger partial charge in [-0.05, 0) is 53.1 Å². The molecule has 0 amide bonds. The fourth-order valence-electron chi connectivity index (χ4n) is 1.50. The predicted molar refractivity (Wildman–Crippen MR) is 80.9 cm³/mol. The van der Waals surface area contributed by atoms with Crippen molar-refractivity contribution >= 4 is 39.0 Å². The van der Waals surface area contributed by atoms with Crippen molar-refractivity contribution < 1.29 is 0 Å². The van der Waals surface area contributed by atoms with Crippen LogP contribution >= 0.6 is 39.0 Å². The first-order valence-electron chi connectivity index (χ1n) is 5.39. The van der Waals surface area contributed by atoms with Gasteiger partial charge in [0.1, 0.15) is 0 Å². The van der Waals surface area contributed by atoms with E-state index in [0.717, 1.165) is 16.6 Å². The van der Waals surface area contributed by atoms with Crippen molar-refractivity contribution in [2.75, 3.05) is 5.75 Å². The summed E-state index contributed by atoms with van der Waals surface area (Å²) in [5, 5.41) is 4.27. The molecule has 0 saturated heterocycles. The standard InChI is InChI=1S/C13H14BrNS2/c14-11-1-3-13(4-2-11)17-9-12(15)7-10-5-6-16-8-10/h1-6,8,12H,7,9,15H2. The van der Waals surface area contributed by atoms with Crippen molar-refractivity contribution in [3.8, 4) is 0 Å². The maximum atomic E-state index is 6.12. The van der Waals surface area contributed by atoms with E-state index in [-0.39, 0.29) is 6.04 Å². The van der Waals surface area contributed by atoms with E-state index in [4.69, 9.17) is 5.73 Å². The molecule has 0 aliphatic rings. The molecule has 90 valence electrons. The van der Waals surface area contributed by atoms with Crippen LogP contribution in [0.3, 0.4) is 0 Å². The molecule has 0 fully saturated rings. The zero-order chi connectivity index (χ0) is 12.1. The highest BCUT2D eigenvalue weighted by atomic mass is 79.9. The first kappa shape index (κ1) is 13.1. The fourth-order valence-corrected chi connectivity index (χ4v) is 3.30. The van der Waals surface area contributed by atoms with E-state index in [0.29, 0.717) is 0 Å². The number of benzene rings is 1. The molecule has 0 aliphatic carbocycles. The second-order valence-corrected chi connectivity index (χ2v) is 6.65. The summed E-state index contributed by atoms with van der Waals surface area (Å²) in [5.74, 6) is 0.956. The fraction of sp³-hybridized carbons (Fsp3) is 0.231. The van der Waals surface area contributed by atoms with Gasteiger partial charge in [-0.2, -0.15) is 11.3 Å². The van der Waals surface area contributed by atoms with Gasteiger partial charge in [-0.25, -0.2) is 0 Å². The molecule has 17 heavy (non-hydrogen) atoms. The van der Waals surface area contributed by atoms with Crippen LogP contribution in [0.2, 0.25) is 0 Å². The normalized spacial score (nSPS) is 12.6. The van der Waals surface area contributed by atoms with E-state index in [1.165, 1.54) is 10.5 Å². The lowest BCUT2D eigenvalue weighted by Crippen LogP contribution is -2.25. The lowest BCUT2D eigenvalue weighted by molar-refractivity contribution is 0.750. The summed E-state index contributed by atoms with van der Waals surface area (Å²) < 4.78 is 1.12. The molecular formula is C13H14BrNS2. The van der Waals surface area contributed by atoms with E-state index in [9.17, 15) is 0 Å². The van der Waals surface area contributed by atoms with Gasteiger partial charge < -0.3 is 5.73 Å². The Balaban J connectivity index is 1.79. The molecule has 1 aromatic heterocycles. The highest BCUT2D eigenvalue weighted by Gasteiger charge is 2.05. The van der Waals surface area contributed by atoms with Crippen LogP contribution in [0.5, 0.6) is 0 Å². The Morgan fingerprint density at radius 3 is 2.65 bits per heavy atom. The molecule has 2 rings (SSSR count). The SMILES string of the molecule is NC(CSc1ccc(Br)cc1)Cc1ccsc1. The Morgan fingerprint density at radius 1 is 1.24 bits per heavy atom. The Kier molecular flexibility index (Phi) is 5.10. The molecule has 2 aromatic rings. The quantitative estimate of drug-likeness (QED) is 0.834. The Labute approximate surface area is 119 Å². The lowest BCUT2D eigenvalue weighted by atomic mass is 10.1. The number of halogens is 1. The summed E-state index contributed by atoms with van der Waals surface area (Å²) in [6.45, 7) is 0. The molecule has 0 saturated carbocycles. The first-order valence-corrected chi connectivity index (χ1v) is 8.11. The third kappa shape index (κ3) is 4.47. The van der Waals surface area contributed by atoms with Crippen molar-refractivity contribution in [1.29, 1.82) is 0 Å². The van der Waals surface area contributed by atoms with E-state index >= 15 is 0 Å². The number of hydrogen-bond acceptors (Lipinski definition) is 3. The average molecular weight is 328 g/mol. The summed E-state index contributed by atoms with van der Waals surface area (Å²) >= 11 is 6.98. The van der Waals surface area contributed by atoms with Gasteiger partial charge in [0.05, 0.1) is 0 Å². The molecule has 0 aliphatic heterocycles. The van der Waals surface area contributed by atoms with Crippen LogP contribution in [-0.2, 0) is 6.42 Å². The Hall–Kier alpha value is -0.290. The Bertz CT molecular complexity index is 439. The summed E-state index contributed by atoms with van der Waals surface area (Å²) in [7, 11) is 0. The van der Waals surface area contributed by atoms with Gasteiger partial charge in [0, 0.05) is 21.2 Å². The number of nitrogens with two attached hydrogens (primary N) is 1. The number of thiophene rings is 1. The van der Waals surface area contributed by atoms with Crippen molar-refractivity contribution in [3.05, 3.63) is 51.1 Å². The van der Waals surface area contributed by atoms with Crippen LogP contribution in [-0.4, -0.2) is 11.8 Å². The van der Waals surface area contributed by atoms with Crippen molar-refractivity contribution in [3.63, 3.8) is 0 Å². The third-order valence-electron chi connectivity index (χ3n) is 2.36. The maximum Gasteiger partial charge on any atom is 0.0176 e. The van der Waals surface area contributed by atoms with Crippen LogP contribution in [0.4, 0.5) is 0 Å². The van der Waals surface area contributed by atoms with Crippen LogP contribution in [0.15, 0.2) is 50.5 Å². The minimum absolute atomic E-state index is 0.221. The minimum Gasteiger partial charge on any atom is -0.327 e. The zero-order valence-corrected chi connectivity index (χ0v) is 12.5. The minimum atomic E-state index is 0.221. The van der Waals surface area contributed by atoms with E-state index in [1.807, 2.05) is 11.8 Å². The molecule has 4 heteroatoms. The Morgan fingerprint density at radius 2 is 2.00 bits per heavy atom. The second-order valence-electron chi connectivity index (χ2n) is 3.86. The lowest BCUT2D eigenvalue weighted by Gasteiger charge is -2.10. The highest BCUT2D eigenvalue weighted by Crippen LogP contribution is 2.21. The van der Waals surface area contributed by atoms with Gasteiger partial charge in [0.15, 0.2) is 0 Å². The van der Waals surface area contributed by atoms with Gasteiger partial charge in [-0.1, -0.05) is 15.9 Å². The van der Waals surface area contributed by atoms with Gasteiger partial charge in [0.2, 0.25) is 0 Å². The molecular weight excluding hydrogens is 314 g/mol. The van der Waals surface area contributed by atoms with Gasteiger partial charge in [-0.15, -0.1) is 11.8 Å². The van der Waals surface area contributed by atoms with Gasteiger partial charge in [-0.3, -0.25) is 0 Å². The summed E-state index contributed by atoms with van der Waals surface area (Å²) in [5.41, 5.74) is 7.46. The molecule has 2 N–H and O–H groups in total. The number of thioether (sulfide) groups is 1. The largest absolute Gasteiger partial charge is 0.327 e. The van der Waals surface area contributed by atoms with Crippen molar-refractivity contribution in [2.24, 2.45) is 5.73 Å². The van der Waals surface area contributed by atoms with Crippen LogP contribution in [0.1, 0.15) is 5.56 Å². The molecule has 0 radical (unpaired) electrons. The van der Waals surface area contributed by atoms with Crippen LogP contribution in [0.25, 0.3) is 0 Å². The molecule has 1 unspecified atom stereocenters. The van der Waals surface area contributed by atoms with Crippen LogP contribution < -0.4 is 5.73 Å². The second kappa shape index (κ2) is 6.59. The molecule has 1 atom stereocenters. The average Bonchev–Trinajstić information content (AvgIpc) is 2.81. The maximum absolute atomic E-state index is 6.12. The van der Waals surface area contributed by atoms with Crippen molar-refractivity contribution in [1.82, 2.24) is 0 Å². The van der Waals surface area contributed by atoms with E-state index in [2.05, 4.69) is 57.0 Å². The van der Waals surface area contributed by atoms with Gasteiger partial charge in [0.25, 0.3) is 0 Å². The van der Waals surface area contributed by atoms with E-state index in [1.54, 1.807) is 11.3 Å².